The average molecular weight is 332 g/mol. The highest BCUT2D eigenvalue weighted by atomic mass is 16.5. The minimum atomic E-state index is -0.00803. The van der Waals surface area contributed by atoms with Gasteiger partial charge in [0.1, 0.15) is 5.75 Å². The molecule has 2 fully saturated rings. The summed E-state index contributed by atoms with van der Waals surface area (Å²) in [6.45, 7) is 2.51. The number of methoxy groups -OCH3 is 1. The molecule has 0 amide bonds. The number of nitrogens with one attached hydrogen (secondary N) is 1. The summed E-state index contributed by atoms with van der Waals surface area (Å²) in [4.78, 5) is 2.71. The number of piperidine rings is 1. The third-order valence-corrected chi connectivity index (χ3v) is 5.74. The number of nitrogens with zero attached hydrogens (tertiary/aromatic N) is 1. The van der Waals surface area contributed by atoms with E-state index in [1.807, 2.05) is 18.2 Å². The first-order valence-electron chi connectivity index (χ1n) is 9.55. The van der Waals surface area contributed by atoms with Crippen molar-refractivity contribution in [1.29, 1.82) is 0 Å². The topological polar surface area (TPSA) is 44.7 Å². The molecule has 1 unspecified atom stereocenters. The fraction of sp³-hybridized carbons (Fsp3) is 0.700. The van der Waals surface area contributed by atoms with Crippen LogP contribution in [0, 0.1) is 0 Å². The Hall–Kier alpha value is -1.10. The van der Waals surface area contributed by atoms with E-state index in [2.05, 4.69) is 16.3 Å². The summed E-state index contributed by atoms with van der Waals surface area (Å²) in [7, 11) is 1.68. The molecule has 3 rings (SSSR count). The van der Waals surface area contributed by atoms with Gasteiger partial charge in [-0.25, -0.2) is 0 Å². The number of hydrogen-bond acceptors (Lipinski definition) is 4. The number of rotatable bonds is 6. The molecule has 0 aromatic heterocycles. The first-order chi connectivity index (χ1) is 11.8. The first kappa shape index (κ1) is 17.7. The Balaban J connectivity index is 1.52. The molecular formula is C20H32N2O2. The van der Waals surface area contributed by atoms with Gasteiger partial charge in [-0.05, 0) is 56.5 Å². The normalized spacial score (nSPS) is 22.4. The van der Waals surface area contributed by atoms with Crippen LogP contribution in [0.5, 0.6) is 5.75 Å². The van der Waals surface area contributed by atoms with Gasteiger partial charge >= 0.3 is 0 Å². The van der Waals surface area contributed by atoms with Gasteiger partial charge in [0.15, 0.2) is 0 Å². The van der Waals surface area contributed by atoms with E-state index >= 15 is 0 Å². The van der Waals surface area contributed by atoms with Gasteiger partial charge in [-0.3, -0.25) is 0 Å². The average Bonchev–Trinajstić information content (AvgIpc) is 2.67. The lowest BCUT2D eigenvalue weighted by Gasteiger charge is -2.40. The van der Waals surface area contributed by atoms with Crippen LogP contribution < -0.4 is 10.1 Å². The molecule has 1 atom stereocenters. The van der Waals surface area contributed by atoms with Gasteiger partial charge in [-0.15, -0.1) is 0 Å². The van der Waals surface area contributed by atoms with Crippen molar-refractivity contribution in [1.82, 2.24) is 10.2 Å². The van der Waals surface area contributed by atoms with E-state index in [0.717, 1.165) is 17.4 Å². The van der Waals surface area contributed by atoms with Gasteiger partial charge < -0.3 is 20.1 Å². The van der Waals surface area contributed by atoms with Gasteiger partial charge in [0, 0.05) is 12.1 Å². The van der Waals surface area contributed by atoms with E-state index in [0.29, 0.717) is 6.04 Å². The van der Waals surface area contributed by atoms with Gasteiger partial charge in [0.05, 0.1) is 19.8 Å². The molecule has 1 aromatic rings. The largest absolute Gasteiger partial charge is 0.497 e. The second-order valence-electron chi connectivity index (χ2n) is 7.28. The summed E-state index contributed by atoms with van der Waals surface area (Å²) in [5, 5.41) is 13.5. The highest BCUT2D eigenvalue weighted by molar-refractivity contribution is 5.30. The molecule has 4 heteroatoms. The molecule has 0 radical (unpaired) electrons. The maximum absolute atomic E-state index is 9.82. The monoisotopic (exact) mass is 332 g/mol. The second kappa shape index (κ2) is 8.84. The Kier molecular flexibility index (Phi) is 6.52. The molecular weight excluding hydrogens is 300 g/mol. The van der Waals surface area contributed by atoms with E-state index in [1.54, 1.807) is 7.11 Å². The van der Waals surface area contributed by atoms with Crippen LogP contribution >= 0.6 is 0 Å². The van der Waals surface area contributed by atoms with E-state index in [-0.39, 0.29) is 12.6 Å². The minimum absolute atomic E-state index is 0.00803. The molecule has 0 spiro atoms. The van der Waals surface area contributed by atoms with Crippen molar-refractivity contribution >= 4 is 0 Å². The lowest BCUT2D eigenvalue weighted by molar-refractivity contribution is 0.108. The van der Waals surface area contributed by atoms with Gasteiger partial charge in [0.25, 0.3) is 0 Å². The SMILES string of the molecule is COc1cccc(C(CO)NC2CCN(C3CCCCC3)CC2)c1. The number of benzene rings is 1. The molecule has 1 aliphatic carbocycles. The van der Waals surface area contributed by atoms with Crippen LogP contribution in [0.1, 0.15) is 56.6 Å². The molecule has 1 saturated heterocycles. The third kappa shape index (κ3) is 4.50. The third-order valence-electron chi connectivity index (χ3n) is 5.74. The van der Waals surface area contributed by atoms with E-state index in [4.69, 9.17) is 4.74 Å². The fourth-order valence-electron chi connectivity index (χ4n) is 4.27. The molecule has 1 heterocycles. The van der Waals surface area contributed by atoms with Crippen molar-refractivity contribution in [2.24, 2.45) is 0 Å². The Morgan fingerprint density at radius 1 is 1.17 bits per heavy atom. The number of hydrogen-bond donors (Lipinski definition) is 2. The standard InChI is InChI=1S/C20H32N2O2/c1-24-19-9-5-6-16(14-19)20(15-23)21-17-10-12-22(13-11-17)18-7-3-2-4-8-18/h5-6,9,14,17-18,20-21,23H,2-4,7-8,10-13,15H2,1H3. The first-order valence-corrected chi connectivity index (χ1v) is 9.55. The second-order valence-corrected chi connectivity index (χ2v) is 7.28. The molecule has 1 saturated carbocycles. The zero-order chi connectivity index (χ0) is 16.8. The van der Waals surface area contributed by atoms with Crippen LogP contribution in [-0.2, 0) is 0 Å². The van der Waals surface area contributed by atoms with Crippen molar-refractivity contribution < 1.29 is 9.84 Å². The Morgan fingerprint density at radius 2 is 1.92 bits per heavy atom. The quantitative estimate of drug-likeness (QED) is 0.840. The zero-order valence-electron chi connectivity index (χ0n) is 14.9. The summed E-state index contributed by atoms with van der Waals surface area (Å²) in [6, 6.07) is 9.33. The maximum atomic E-state index is 9.82. The number of aliphatic hydroxyl groups excluding tert-OH is 1. The van der Waals surface area contributed by atoms with E-state index in [1.165, 1.54) is 58.0 Å². The summed E-state index contributed by atoms with van der Waals surface area (Å²) in [5.74, 6) is 0.847. The predicted molar refractivity (Wildman–Crippen MR) is 97.4 cm³/mol. The number of ether oxygens (including phenoxy) is 1. The van der Waals surface area contributed by atoms with Crippen LogP contribution in [0.2, 0.25) is 0 Å². The molecule has 0 bridgehead atoms. The Bertz CT molecular complexity index is 494. The molecule has 4 nitrogen and oxygen atoms in total. The summed E-state index contributed by atoms with van der Waals surface area (Å²) < 4.78 is 5.30. The molecule has 1 aromatic carbocycles. The lowest BCUT2D eigenvalue weighted by Crippen LogP contribution is -2.48. The molecule has 2 aliphatic rings. The molecule has 1 aliphatic heterocycles. The van der Waals surface area contributed by atoms with Crippen molar-refractivity contribution in [3.63, 3.8) is 0 Å². The summed E-state index contributed by atoms with van der Waals surface area (Å²) >= 11 is 0. The number of aliphatic hydroxyl groups is 1. The van der Waals surface area contributed by atoms with E-state index in [9.17, 15) is 5.11 Å². The maximum Gasteiger partial charge on any atom is 0.119 e. The van der Waals surface area contributed by atoms with Crippen LogP contribution in [0.15, 0.2) is 24.3 Å². The fourth-order valence-corrected chi connectivity index (χ4v) is 4.27. The van der Waals surface area contributed by atoms with Crippen LogP contribution in [0.25, 0.3) is 0 Å². The lowest BCUT2D eigenvalue weighted by atomic mass is 9.92. The van der Waals surface area contributed by atoms with Crippen LogP contribution in [-0.4, -0.2) is 48.9 Å². The smallest absolute Gasteiger partial charge is 0.119 e. The molecule has 134 valence electrons. The van der Waals surface area contributed by atoms with Crippen molar-refractivity contribution in [2.45, 2.75) is 63.1 Å². The Labute approximate surface area is 146 Å². The van der Waals surface area contributed by atoms with Crippen LogP contribution in [0.4, 0.5) is 0 Å². The zero-order valence-corrected chi connectivity index (χ0v) is 14.9. The van der Waals surface area contributed by atoms with Crippen molar-refractivity contribution in [2.75, 3.05) is 26.8 Å². The van der Waals surface area contributed by atoms with Crippen molar-refractivity contribution in [3.05, 3.63) is 29.8 Å². The number of likely N-dealkylation sites (tertiary alicyclic amines) is 1. The Morgan fingerprint density at radius 3 is 2.58 bits per heavy atom. The summed E-state index contributed by atoms with van der Waals surface area (Å²) in [6.07, 6.45) is 9.38. The predicted octanol–water partition coefficient (Wildman–Crippen LogP) is 3.12. The molecule has 2 N–H and O–H groups in total. The van der Waals surface area contributed by atoms with Crippen molar-refractivity contribution in [3.8, 4) is 5.75 Å². The van der Waals surface area contributed by atoms with E-state index < -0.39 is 0 Å². The van der Waals surface area contributed by atoms with Crippen LogP contribution in [0.3, 0.4) is 0 Å². The summed E-state index contributed by atoms with van der Waals surface area (Å²) in [5.41, 5.74) is 1.10. The minimum Gasteiger partial charge on any atom is -0.497 e. The van der Waals surface area contributed by atoms with Gasteiger partial charge in [0.2, 0.25) is 0 Å². The highest BCUT2D eigenvalue weighted by Crippen LogP contribution is 2.26. The van der Waals surface area contributed by atoms with Gasteiger partial charge in [-0.2, -0.15) is 0 Å². The molecule has 24 heavy (non-hydrogen) atoms. The van der Waals surface area contributed by atoms with Gasteiger partial charge in [-0.1, -0.05) is 31.4 Å². The highest BCUT2D eigenvalue weighted by Gasteiger charge is 2.27.